The lowest BCUT2D eigenvalue weighted by Gasteiger charge is -1.84. The topological polar surface area (TPSA) is 36.7 Å². The second kappa shape index (κ2) is 2.33. The van der Waals surface area contributed by atoms with Crippen molar-refractivity contribution in [2.75, 3.05) is 0 Å². The third kappa shape index (κ3) is 0.883. The zero-order chi connectivity index (χ0) is 7.68. The highest BCUT2D eigenvalue weighted by Crippen LogP contribution is 2.22. The maximum atomic E-state index is 8.65. The third-order valence-corrected chi connectivity index (χ3v) is 2.37. The van der Waals surface area contributed by atoms with Crippen LogP contribution < -0.4 is 0 Å². The van der Waals surface area contributed by atoms with Crippen LogP contribution in [-0.4, -0.2) is 4.98 Å². The van der Waals surface area contributed by atoms with E-state index in [4.69, 9.17) is 5.26 Å². The van der Waals surface area contributed by atoms with E-state index in [-0.39, 0.29) is 0 Å². The molecule has 0 amide bonds. The first-order valence-electron chi connectivity index (χ1n) is 3.14. The predicted octanol–water partition coefficient (Wildman–Crippen LogP) is 2.17. The fourth-order valence-corrected chi connectivity index (χ4v) is 1.79. The number of thiophene rings is 1. The summed E-state index contributed by atoms with van der Waals surface area (Å²) in [5, 5.41) is 11.4. The molecule has 11 heavy (non-hydrogen) atoms. The number of hydrogen-bond donors (Lipinski definition) is 0. The van der Waals surface area contributed by atoms with Crippen LogP contribution in [0.5, 0.6) is 0 Å². The molecule has 52 valence electrons. The fourth-order valence-electron chi connectivity index (χ4n) is 0.955. The maximum absolute atomic E-state index is 8.65. The Morgan fingerprint density at radius 2 is 2.45 bits per heavy atom. The molecule has 0 atom stereocenters. The highest BCUT2D eigenvalue weighted by atomic mass is 32.1. The lowest BCUT2D eigenvalue weighted by atomic mass is 10.2. The van der Waals surface area contributed by atoms with Gasteiger partial charge in [0.25, 0.3) is 0 Å². The molecule has 0 spiro atoms. The zero-order valence-electron chi connectivity index (χ0n) is 5.61. The smallest absolute Gasteiger partial charge is 0.124 e. The van der Waals surface area contributed by atoms with Gasteiger partial charge in [0.15, 0.2) is 0 Å². The van der Waals surface area contributed by atoms with E-state index in [1.54, 1.807) is 6.20 Å². The van der Waals surface area contributed by atoms with Gasteiger partial charge in [0, 0.05) is 17.0 Å². The number of nitriles is 1. The van der Waals surface area contributed by atoms with Gasteiger partial charge in [-0.05, 0) is 12.1 Å². The minimum atomic E-state index is 0.720. The molecule has 0 aliphatic carbocycles. The molecule has 2 rings (SSSR count). The summed E-state index contributed by atoms with van der Waals surface area (Å²) in [4.78, 5) is 5.05. The second-order valence-electron chi connectivity index (χ2n) is 2.12. The zero-order valence-corrected chi connectivity index (χ0v) is 6.43. The Bertz CT molecular complexity index is 425. The van der Waals surface area contributed by atoms with Gasteiger partial charge in [0.2, 0.25) is 0 Å². The molecule has 0 radical (unpaired) electrons. The van der Waals surface area contributed by atoms with Gasteiger partial charge in [0.05, 0.1) is 5.56 Å². The van der Waals surface area contributed by atoms with Gasteiger partial charge in [-0.2, -0.15) is 5.26 Å². The monoisotopic (exact) mass is 160 g/mol. The minimum Gasteiger partial charge on any atom is -0.245 e. The number of nitrogens with zero attached hydrogens (tertiary/aromatic N) is 2. The molecule has 0 N–H and O–H groups in total. The Labute approximate surface area is 67.7 Å². The average molecular weight is 160 g/mol. The van der Waals surface area contributed by atoms with E-state index >= 15 is 0 Å². The van der Waals surface area contributed by atoms with Crippen LogP contribution in [0.25, 0.3) is 10.2 Å². The van der Waals surface area contributed by atoms with Gasteiger partial charge < -0.3 is 0 Å². The second-order valence-corrected chi connectivity index (χ2v) is 2.98. The Kier molecular flexibility index (Phi) is 1.34. The first-order valence-corrected chi connectivity index (χ1v) is 4.02. The van der Waals surface area contributed by atoms with E-state index < -0.39 is 0 Å². The lowest BCUT2D eigenvalue weighted by molar-refractivity contribution is 1.44. The van der Waals surface area contributed by atoms with Crippen LogP contribution in [0.3, 0.4) is 0 Å². The third-order valence-electron chi connectivity index (χ3n) is 1.47. The van der Waals surface area contributed by atoms with Gasteiger partial charge >= 0.3 is 0 Å². The number of hydrogen-bond acceptors (Lipinski definition) is 3. The molecule has 3 heteroatoms. The van der Waals surface area contributed by atoms with Crippen molar-refractivity contribution in [1.29, 1.82) is 5.26 Å². The molecule has 0 bridgehead atoms. The molecule has 2 aromatic heterocycles. The van der Waals surface area contributed by atoms with Crippen LogP contribution >= 0.6 is 11.3 Å². The quantitative estimate of drug-likeness (QED) is 0.592. The Balaban J connectivity index is 2.89. The molecular formula is C8H4N2S. The molecule has 0 saturated heterocycles. The predicted molar refractivity (Wildman–Crippen MR) is 44.3 cm³/mol. The molecule has 0 aliphatic heterocycles. The van der Waals surface area contributed by atoms with Crippen molar-refractivity contribution in [3.8, 4) is 6.07 Å². The van der Waals surface area contributed by atoms with Gasteiger partial charge in [-0.3, -0.25) is 0 Å². The standard InChI is InChI=1S/C8H4N2S/c9-4-6-5-11-8-7(6)2-1-3-10-8/h1-3,5H. The summed E-state index contributed by atoms with van der Waals surface area (Å²) in [6.07, 6.45) is 1.74. The summed E-state index contributed by atoms with van der Waals surface area (Å²) >= 11 is 1.50. The van der Waals surface area contributed by atoms with Gasteiger partial charge in [-0.25, -0.2) is 4.98 Å². The maximum Gasteiger partial charge on any atom is 0.124 e. The van der Waals surface area contributed by atoms with Crippen molar-refractivity contribution in [3.05, 3.63) is 29.3 Å². The average Bonchev–Trinajstić information content (AvgIpc) is 2.47. The SMILES string of the molecule is N#Cc1csc2ncccc12. The molecule has 0 saturated carbocycles. The van der Waals surface area contributed by atoms with Crippen molar-refractivity contribution >= 4 is 21.6 Å². The first-order chi connectivity index (χ1) is 5.42. The van der Waals surface area contributed by atoms with E-state index in [0.29, 0.717) is 0 Å². The summed E-state index contributed by atoms with van der Waals surface area (Å²) in [5.41, 5.74) is 0.720. The van der Waals surface area contributed by atoms with Crippen molar-refractivity contribution in [1.82, 2.24) is 4.98 Å². The molecular weight excluding hydrogens is 156 g/mol. The summed E-state index contributed by atoms with van der Waals surface area (Å²) in [7, 11) is 0. The summed E-state index contributed by atoms with van der Waals surface area (Å²) in [5.74, 6) is 0. The minimum absolute atomic E-state index is 0.720. The highest BCUT2D eigenvalue weighted by Gasteiger charge is 2.01. The van der Waals surface area contributed by atoms with Crippen LogP contribution in [0.2, 0.25) is 0 Å². The van der Waals surface area contributed by atoms with Gasteiger partial charge in [0.1, 0.15) is 10.9 Å². The number of rotatable bonds is 0. The van der Waals surface area contributed by atoms with E-state index in [2.05, 4.69) is 11.1 Å². The number of pyridine rings is 1. The molecule has 2 aromatic rings. The summed E-state index contributed by atoms with van der Waals surface area (Å²) in [6.45, 7) is 0. The van der Waals surface area contributed by atoms with Crippen LogP contribution in [0, 0.1) is 11.3 Å². The number of fused-ring (bicyclic) bond motifs is 1. The van der Waals surface area contributed by atoms with Gasteiger partial charge in [-0.15, -0.1) is 11.3 Å². The van der Waals surface area contributed by atoms with Crippen molar-refractivity contribution < 1.29 is 0 Å². The Hall–Kier alpha value is -1.40. The Morgan fingerprint density at radius 1 is 1.55 bits per heavy atom. The van der Waals surface area contributed by atoms with E-state index in [9.17, 15) is 0 Å². The fraction of sp³-hybridized carbons (Fsp3) is 0. The van der Waals surface area contributed by atoms with E-state index in [0.717, 1.165) is 15.8 Å². The largest absolute Gasteiger partial charge is 0.245 e. The molecule has 2 nitrogen and oxygen atoms in total. The molecule has 0 aromatic carbocycles. The highest BCUT2D eigenvalue weighted by molar-refractivity contribution is 7.17. The number of aromatic nitrogens is 1. The normalized spacial score (nSPS) is 9.73. The molecule has 0 fully saturated rings. The van der Waals surface area contributed by atoms with Crippen LogP contribution in [0.1, 0.15) is 5.56 Å². The lowest BCUT2D eigenvalue weighted by Crippen LogP contribution is -1.70. The van der Waals surface area contributed by atoms with Crippen LogP contribution in [0.15, 0.2) is 23.7 Å². The van der Waals surface area contributed by atoms with E-state index in [1.165, 1.54) is 11.3 Å². The van der Waals surface area contributed by atoms with Crippen molar-refractivity contribution in [2.24, 2.45) is 0 Å². The van der Waals surface area contributed by atoms with E-state index in [1.807, 2.05) is 17.5 Å². The first kappa shape index (κ1) is 6.32. The van der Waals surface area contributed by atoms with Crippen LogP contribution in [-0.2, 0) is 0 Å². The van der Waals surface area contributed by atoms with Crippen LogP contribution in [0.4, 0.5) is 0 Å². The van der Waals surface area contributed by atoms with Crippen molar-refractivity contribution in [3.63, 3.8) is 0 Å². The van der Waals surface area contributed by atoms with Gasteiger partial charge in [-0.1, -0.05) is 0 Å². The summed E-state index contributed by atoms with van der Waals surface area (Å²) in [6, 6.07) is 5.88. The molecule has 0 aliphatic rings. The molecule has 2 heterocycles. The van der Waals surface area contributed by atoms with Crippen molar-refractivity contribution in [2.45, 2.75) is 0 Å². The Morgan fingerprint density at radius 3 is 3.27 bits per heavy atom. The summed E-state index contributed by atoms with van der Waals surface area (Å²) < 4.78 is 0. The molecule has 0 unspecified atom stereocenters.